The largest absolute Gasteiger partial charge is 0.459 e. The number of furan rings is 1. The molecular formula is C19H17BrN4O2. The van der Waals surface area contributed by atoms with Crippen LogP contribution < -0.4 is 4.90 Å². The predicted molar refractivity (Wildman–Crippen MR) is 101 cm³/mol. The van der Waals surface area contributed by atoms with Crippen molar-refractivity contribution in [2.45, 2.75) is 6.54 Å². The molecule has 0 bridgehead atoms. The monoisotopic (exact) mass is 412 g/mol. The van der Waals surface area contributed by atoms with Gasteiger partial charge in [-0.2, -0.15) is 10.2 Å². The predicted octanol–water partition coefficient (Wildman–Crippen LogP) is 3.89. The highest BCUT2D eigenvalue weighted by Gasteiger charge is 2.25. The van der Waals surface area contributed by atoms with E-state index < -0.39 is 0 Å². The van der Waals surface area contributed by atoms with Crippen molar-refractivity contribution in [2.75, 3.05) is 31.1 Å². The van der Waals surface area contributed by atoms with E-state index in [1.807, 2.05) is 6.07 Å². The zero-order valence-electron chi connectivity index (χ0n) is 14.1. The molecule has 1 aliphatic heterocycles. The molecule has 1 aromatic carbocycles. The highest BCUT2D eigenvalue weighted by molar-refractivity contribution is 9.10. The molecule has 26 heavy (non-hydrogen) atoms. The molecule has 1 saturated heterocycles. The van der Waals surface area contributed by atoms with Crippen LogP contribution >= 0.6 is 15.9 Å². The maximum atomic E-state index is 9.39. The third kappa shape index (κ3) is 3.39. The summed E-state index contributed by atoms with van der Waals surface area (Å²) < 4.78 is 12.3. The van der Waals surface area contributed by atoms with Crippen LogP contribution in [0.3, 0.4) is 0 Å². The Bertz CT molecular complexity index is 921. The lowest BCUT2D eigenvalue weighted by Crippen LogP contribution is -2.46. The van der Waals surface area contributed by atoms with Gasteiger partial charge in [-0.15, -0.1) is 0 Å². The van der Waals surface area contributed by atoms with Crippen LogP contribution in [0.1, 0.15) is 11.3 Å². The van der Waals surface area contributed by atoms with E-state index in [-0.39, 0.29) is 0 Å². The Morgan fingerprint density at radius 2 is 1.92 bits per heavy atom. The topological polar surface area (TPSA) is 69.4 Å². The number of nitrogens with zero attached hydrogens (tertiary/aromatic N) is 4. The first-order valence-electron chi connectivity index (χ1n) is 8.40. The second-order valence-electron chi connectivity index (χ2n) is 6.12. The molecule has 132 valence electrons. The van der Waals surface area contributed by atoms with Crippen LogP contribution in [0.15, 0.2) is 56.0 Å². The Morgan fingerprint density at radius 3 is 2.62 bits per heavy atom. The summed E-state index contributed by atoms with van der Waals surface area (Å²) in [5.41, 5.74) is 1.58. The number of piperazine rings is 1. The van der Waals surface area contributed by atoms with Crippen LogP contribution in [0.5, 0.6) is 0 Å². The second-order valence-corrected chi connectivity index (χ2v) is 6.97. The van der Waals surface area contributed by atoms with Crippen LogP contribution in [-0.2, 0) is 6.54 Å². The molecule has 2 aromatic heterocycles. The lowest BCUT2D eigenvalue weighted by molar-refractivity contribution is 0.245. The zero-order valence-corrected chi connectivity index (χ0v) is 15.6. The first-order chi connectivity index (χ1) is 12.7. The number of rotatable bonds is 4. The minimum atomic E-state index is 0.302. The fraction of sp³-hybridized carbons (Fsp3) is 0.263. The SMILES string of the molecule is N#Cc1nc(-c2ccco2)oc1N1CCN(Cc2ccccc2Br)CC1. The van der Waals surface area contributed by atoms with E-state index in [0.29, 0.717) is 23.2 Å². The molecule has 0 amide bonds. The fourth-order valence-corrected chi connectivity index (χ4v) is 3.49. The third-order valence-electron chi connectivity index (χ3n) is 4.46. The van der Waals surface area contributed by atoms with Crippen molar-refractivity contribution < 1.29 is 8.83 Å². The number of hydrogen-bond donors (Lipinski definition) is 0. The van der Waals surface area contributed by atoms with Gasteiger partial charge in [0.25, 0.3) is 5.89 Å². The van der Waals surface area contributed by atoms with Gasteiger partial charge in [0.05, 0.1) is 6.26 Å². The molecule has 6 nitrogen and oxygen atoms in total. The Morgan fingerprint density at radius 1 is 1.12 bits per heavy atom. The van der Waals surface area contributed by atoms with Gasteiger partial charge in [-0.25, -0.2) is 0 Å². The van der Waals surface area contributed by atoms with Crippen LogP contribution in [0.25, 0.3) is 11.7 Å². The number of halogens is 1. The molecule has 0 radical (unpaired) electrons. The van der Waals surface area contributed by atoms with Gasteiger partial charge in [0.15, 0.2) is 5.76 Å². The summed E-state index contributed by atoms with van der Waals surface area (Å²) in [5, 5.41) is 9.39. The Kier molecular flexibility index (Phi) is 4.78. The lowest BCUT2D eigenvalue weighted by Gasteiger charge is -2.34. The van der Waals surface area contributed by atoms with E-state index in [4.69, 9.17) is 8.83 Å². The van der Waals surface area contributed by atoms with Crippen molar-refractivity contribution in [3.8, 4) is 17.7 Å². The molecule has 0 saturated carbocycles. The van der Waals surface area contributed by atoms with E-state index in [2.05, 4.69) is 55.0 Å². The van der Waals surface area contributed by atoms with Gasteiger partial charge >= 0.3 is 0 Å². The number of oxazole rings is 1. The number of anilines is 1. The number of hydrogen-bond acceptors (Lipinski definition) is 6. The first-order valence-corrected chi connectivity index (χ1v) is 9.19. The Balaban J connectivity index is 1.45. The first kappa shape index (κ1) is 16.9. The van der Waals surface area contributed by atoms with Crippen molar-refractivity contribution in [1.29, 1.82) is 5.26 Å². The molecule has 0 unspecified atom stereocenters. The number of aromatic nitrogens is 1. The third-order valence-corrected chi connectivity index (χ3v) is 5.23. The molecule has 3 heterocycles. The van der Waals surface area contributed by atoms with E-state index >= 15 is 0 Å². The van der Waals surface area contributed by atoms with Crippen LogP contribution in [0.2, 0.25) is 0 Å². The summed E-state index contributed by atoms with van der Waals surface area (Å²) in [6.07, 6.45) is 1.56. The molecule has 0 aliphatic carbocycles. The Hall–Kier alpha value is -2.56. The van der Waals surface area contributed by atoms with Crippen LogP contribution in [0, 0.1) is 11.3 Å². The summed E-state index contributed by atoms with van der Waals surface area (Å²) in [6, 6.07) is 13.9. The van der Waals surface area contributed by atoms with Gasteiger partial charge in [0.1, 0.15) is 6.07 Å². The molecule has 0 spiro atoms. The van der Waals surface area contributed by atoms with Crippen molar-refractivity contribution in [1.82, 2.24) is 9.88 Å². The van der Waals surface area contributed by atoms with E-state index in [1.165, 1.54) is 5.56 Å². The average Bonchev–Trinajstić information content (AvgIpc) is 3.33. The van der Waals surface area contributed by atoms with Crippen molar-refractivity contribution in [3.05, 3.63) is 58.4 Å². The van der Waals surface area contributed by atoms with Gasteiger partial charge in [-0.3, -0.25) is 4.90 Å². The van der Waals surface area contributed by atoms with Gasteiger partial charge in [-0.05, 0) is 23.8 Å². The van der Waals surface area contributed by atoms with Gasteiger partial charge in [0.2, 0.25) is 11.6 Å². The molecule has 0 N–H and O–H groups in total. The Labute approximate surface area is 159 Å². The van der Waals surface area contributed by atoms with Crippen LogP contribution in [0.4, 0.5) is 5.88 Å². The van der Waals surface area contributed by atoms with E-state index in [9.17, 15) is 5.26 Å². The zero-order chi connectivity index (χ0) is 17.9. The second kappa shape index (κ2) is 7.36. The van der Waals surface area contributed by atoms with Crippen LogP contribution in [-0.4, -0.2) is 36.1 Å². The summed E-state index contributed by atoms with van der Waals surface area (Å²) in [5.74, 6) is 1.40. The summed E-state index contributed by atoms with van der Waals surface area (Å²) in [4.78, 5) is 8.73. The van der Waals surface area contributed by atoms with Crippen molar-refractivity contribution in [3.63, 3.8) is 0 Å². The lowest BCUT2D eigenvalue weighted by atomic mass is 10.2. The number of nitriles is 1. The minimum absolute atomic E-state index is 0.302. The summed E-state index contributed by atoms with van der Waals surface area (Å²) >= 11 is 3.61. The summed E-state index contributed by atoms with van der Waals surface area (Å²) in [7, 11) is 0. The van der Waals surface area contributed by atoms with Crippen molar-refractivity contribution >= 4 is 21.8 Å². The molecule has 1 fully saturated rings. The normalized spacial score (nSPS) is 15.2. The van der Waals surface area contributed by atoms with Gasteiger partial charge in [-0.1, -0.05) is 34.1 Å². The number of benzene rings is 1. The quantitative estimate of drug-likeness (QED) is 0.647. The molecule has 3 aromatic rings. The standard InChI is InChI=1S/C19H17BrN4O2/c20-15-5-2-1-4-14(15)13-23-7-9-24(10-8-23)19-16(12-21)22-18(26-19)17-6-3-11-25-17/h1-6,11H,7-10,13H2. The van der Waals surface area contributed by atoms with Crippen molar-refractivity contribution in [2.24, 2.45) is 0 Å². The van der Waals surface area contributed by atoms with Gasteiger partial charge < -0.3 is 13.7 Å². The molecule has 0 atom stereocenters. The highest BCUT2D eigenvalue weighted by atomic mass is 79.9. The van der Waals surface area contributed by atoms with E-state index in [0.717, 1.165) is 37.2 Å². The van der Waals surface area contributed by atoms with Gasteiger partial charge in [0, 0.05) is 37.2 Å². The highest BCUT2D eigenvalue weighted by Crippen LogP contribution is 2.29. The maximum absolute atomic E-state index is 9.39. The van der Waals surface area contributed by atoms with E-state index in [1.54, 1.807) is 18.4 Å². The maximum Gasteiger partial charge on any atom is 0.266 e. The fourth-order valence-electron chi connectivity index (χ4n) is 3.08. The molecular weight excluding hydrogens is 396 g/mol. The molecule has 7 heteroatoms. The summed E-state index contributed by atoms with van der Waals surface area (Å²) in [6.45, 7) is 4.25. The smallest absolute Gasteiger partial charge is 0.266 e. The molecule has 4 rings (SSSR count). The molecule has 1 aliphatic rings. The average molecular weight is 413 g/mol. The minimum Gasteiger partial charge on any atom is -0.459 e.